The van der Waals surface area contributed by atoms with Gasteiger partial charge in [0.05, 0.1) is 0 Å². The van der Waals surface area contributed by atoms with E-state index in [0.29, 0.717) is 6.42 Å². The van der Waals surface area contributed by atoms with Crippen molar-refractivity contribution in [3.63, 3.8) is 0 Å². The molecule has 5 unspecified atom stereocenters. The van der Waals surface area contributed by atoms with Crippen LogP contribution in [0.1, 0.15) is 42.1 Å². The maximum absolute atomic E-state index is 13.0. The third kappa shape index (κ3) is 6.64. The maximum Gasteiger partial charge on any atom is 0.305 e. The lowest BCUT2D eigenvalue weighted by Gasteiger charge is -2.40. The third-order valence-electron chi connectivity index (χ3n) is 5.70. The molecule has 36 heavy (non-hydrogen) atoms. The summed E-state index contributed by atoms with van der Waals surface area (Å²) in [5.74, 6) is -2.34. The van der Waals surface area contributed by atoms with E-state index in [0.717, 1.165) is 17.7 Å². The van der Waals surface area contributed by atoms with Crippen LogP contribution in [0.5, 0.6) is 23.0 Å². The first-order valence-corrected chi connectivity index (χ1v) is 11.5. The number of esters is 1. The summed E-state index contributed by atoms with van der Waals surface area (Å²) in [6.45, 7) is 1.36. The van der Waals surface area contributed by atoms with Crippen LogP contribution in [-0.4, -0.2) is 79.7 Å². The number of ether oxygens (including phenoxy) is 3. The molecule has 0 radical (unpaired) electrons. The Bertz CT molecular complexity index is 1050. The number of phenolic OH excluding ortho intramolecular Hbond substituents is 3. The molecule has 2 aromatic carbocycles. The van der Waals surface area contributed by atoms with Crippen molar-refractivity contribution in [3.05, 3.63) is 47.5 Å². The number of aromatic hydroxyl groups is 3. The van der Waals surface area contributed by atoms with E-state index in [4.69, 9.17) is 14.2 Å². The number of hydrogen-bond acceptors (Lipinski definition) is 11. The Labute approximate surface area is 207 Å². The topological polar surface area (TPSA) is 183 Å². The molecule has 1 saturated heterocycles. The summed E-state index contributed by atoms with van der Waals surface area (Å²) < 4.78 is 16.1. The molecule has 11 heteroatoms. The van der Waals surface area contributed by atoms with Crippen molar-refractivity contribution in [1.82, 2.24) is 0 Å². The molecule has 0 aromatic heterocycles. The standard InChI is InChI=1S/C25H30O11/c1-2-3-20(30)34-12-19-22(31)23(32)24(33)25(36-19)35-18-11-15(27)10-17(29)21(18)16(28)9-6-13-4-7-14(26)8-5-13/h4-5,7-8,10-11,19,22-27,29,31-33H,2-3,6,9,12H2,1H3. The monoisotopic (exact) mass is 506 g/mol. The minimum Gasteiger partial charge on any atom is -0.508 e. The van der Waals surface area contributed by atoms with Crippen LogP contribution in [0.4, 0.5) is 0 Å². The van der Waals surface area contributed by atoms with E-state index in [-0.39, 0.29) is 36.3 Å². The molecular formula is C25H30O11. The lowest BCUT2D eigenvalue weighted by molar-refractivity contribution is -0.278. The van der Waals surface area contributed by atoms with Gasteiger partial charge >= 0.3 is 5.97 Å². The van der Waals surface area contributed by atoms with Crippen molar-refractivity contribution in [3.8, 4) is 23.0 Å². The Morgan fingerprint density at radius 1 is 0.917 bits per heavy atom. The smallest absolute Gasteiger partial charge is 0.305 e. The molecule has 1 aliphatic rings. The Kier molecular flexibility index (Phi) is 9.10. The molecule has 0 spiro atoms. The normalized spacial score (nSPS) is 23.7. The third-order valence-corrected chi connectivity index (χ3v) is 5.70. The van der Waals surface area contributed by atoms with Gasteiger partial charge < -0.3 is 44.8 Å². The summed E-state index contributed by atoms with van der Waals surface area (Å²) >= 11 is 0. The van der Waals surface area contributed by atoms with Crippen molar-refractivity contribution < 1.29 is 54.4 Å². The number of ketones is 1. The Morgan fingerprint density at radius 3 is 2.28 bits per heavy atom. The van der Waals surface area contributed by atoms with Gasteiger partial charge in [-0.2, -0.15) is 0 Å². The Morgan fingerprint density at radius 2 is 1.61 bits per heavy atom. The number of aryl methyl sites for hydroxylation is 1. The molecule has 2 aromatic rings. The van der Waals surface area contributed by atoms with Crippen molar-refractivity contribution in [1.29, 1.82) is 0 Å². The number of Topliss-reactive ketones (excluding diaryl/α,β-unsaturated/α-hetero) is 1. The van der Waals surface area contributed by atoms with Gasteiger partial charge in [-0.25, -0.2) is 0 Å². The molecule has 0 aliphatic carbocycles. The highest BCUT2D eigenvalue weighted by Gasteiger charge is 2.46. The average molecular weight is 507 g/mol. The van der Waals surface area contributed by atoms with E-state index in [9.17, 15) is 40.2 Å². The zero-order valence-electron chi connectivity index (χ0n) is 19.6. The number of benzene rings is 2. The first kappa shape index (κ1) is 27.2. The maximum atomic E-state index is 13.0. The van der Waals surface area contributed by atoms with Gasteiger partial charge in [-0.05, 0) is 30.5 Å². The number of rotatable bonds is 10. The highest BCUT2D eigenvalue weighted by molar-refractivity contribution is 6.01. The van der Waals surface area contributed by atoms with Gasteiger partial charge in [0.15, 0.2) is 5.78 Å². The fourth-order valence-electron chi connectivity index (χ4n) is 3.73. The van der Waals surface area contributed by atoms with E-state index in [1.165, 1.54) is 12.1 Å². The lowest BCUT2D eigenvalue weighted by atomic mass is 9.98. The minimum absolute atomic E-state index is 0.0646. The zero-order chi connectivity index (χ0) is 26.4. The molecule has 1 aliphatic heterocycles. The fourth-order valence-corrected chi connectivity index (χ4v) is 3.73. The van der Waals surface area contributed by atoms with E-state index in [1.54, 1.807) is 19.1 Å². The molecule has 3 rings (SSSR count). The Hall–Kier alpha value is -3.38. The second kappa shape index (κ2) is 12.0. The molecular weight excluding hydrogens is 476 g/mol. The fraction of sp³-hybridized carbons (Fsp3) is 0.440. The van der Waals surface area contributed by atoms with E-state index < -0.39 is 60.6 Å². The number of carbonyl (C=O) groups is 2. The molecule has 11 nitrogen and oxygen atoms in total. The first-order chi connectivity index (χ1) is 17.1. The molecule has 0 amide bonds. The molecule has 6 N–H and O–H groups in total. The molecule has 1 fully saturated rings. The minimum atomic E-state index is -1.77. The van der Waals surface area contributed by atoms with Crippen LogP contribution in [-0.2, 0) is 20.7 Å². The molecule has 0 bridgehead atoms. The van der Waals surface area contributed by atoms with Crippen molar-refractivity contribution in [2.24, 2.45) is 0 Å². The van der Waals surface area contributed by atoms with Gasteiger partial charge in [-0.3, -0.25) is 9.59 Å². The van der Waals surface area contributed by atoms with E-state index in [2.05, 4.69) is 0 Å². The van der Waals surface area contributed by atoms with Crippen LogP contribution in [0.2, 0.25) is 0 Å². The summed E-state index contributed by atoms with van der Waals surface area (Å²) in [6, 6.07) is 8.23. The van der Waals surface area contributed by atoms with E-state index >= 15 is 0 Å². The van der Waals surface area contributed by atoms with Crippen LogP contribution in [0, 0.1) is 0 Å². The van der Waals surface area contributed by atoms with Gasteiger partial charge in [-0.15, -0.1) is 0 Å². The van der Waals surface area contributed by atoms with Gasteiger partial charge in [0, 0.05) is 25.0 Å². The molecule has 196 valence electrons. The summed E-state index contributed by atoms with van der Waals surface area (Å²) in [5.41, 5.74) is 0.472. The average Bonchev–Trinajstić information content (AvgIpc) is 2.83. The first-order valence-electron chi connectivity index (χ1n) is 11.5. The van der Waals surface area contributed by atoms with Gasteiger partial charge in [0.2, 0.25) is 6.29 Å². The van der Waals surface area contributed by atoms with Crippen molar-refractivity contribution >= 4 is 11.8 Å². The van der Waals surface area contributed by atoms with Crippen LogP contribution < -0.4 is 4.74 Å². The second-order valence-corrected chi connectivity index (χ2v) is 8.49. The quantitative estimate of drug-likeness (QED) is 0.201. The summed E-state index contributed by atoms with van der Waals surface area (Å²) in [4.78, 5) is 24.6. The second-order valence-electron chi connectivity index (χ2n) is 8.49. The van der Waals surface area contributed by atoms with Crippen LogP contribution in [0.15, 0.2) is 36.4 Å². The predicted octanol–water partition coefficient (Wildman–Crippen LogP) is 1.15. The van der Waals surface area contributed by atoms with E-state index in [1.807, 2.05) is 0 Å². The zero-order valence-corrected chi connectivity index (χ0v) is 19.6. The summed E-state index contributed by atoms with van der Waals surface area (Å²) in [6.07, 6.45) is -7.10. The number of hydrogen-bond donors (Lipinski definition) is 6. The molecule has 0 saturated carbocycles. The lowest BCUT2D eigenvalue weighted by Crippen LogP contribution is -2.60. The summed E-state index contributed by atoms with van der Waals surface area (Å²) in [5, 5.41) is 60.6. The number of phenols is 3. The SMILES string of the molecule is CCCC(=O)OCC1OC(Oc2cc(O)cc(O)c2C(=O)CCc2ccc(O)cc2)C(O)C(O)C1O. The van der Waals surface area contributed by atoms with Gasteiger partial charge in [-0.1, -0.05) is 19.1 Å². The molecule has 1 heterocycles. The summed E-state index contributed by atoms with van der Waals surface area (Å²) in [7, 11) is 0. The van der Waals surface area contributed by atoms with Gasteiger partial charge in [0.1, 0.15) is 59.6 Å². The van der Waals surface area contributed by atoms with Crippen LogP contribution in [0.25, 0.3) is 0 Å². The highest BCUT2D eigenvalue weighted by atomic mass is 16.7. The van der Waals surface area contributed by atoms with Crippen LogP contribution in [0.3, 0.4) is 0 Å². The Balaban J connectivity index is 1.77. The van der Waals surface area contributed by atoms with Crippen molar-refractivity contribution in [2.45, 2.75) is 63.3 Å². The van der Waals surface area contributed by atoms with Gasteiger partial charge in [0.25, 0.3) is 0 Å². The highest BCUT2D eigenvalue weighted by Crippen LogP contribution is 2.36. The predicted molar refractivity (Wildman–Crippen MR) is 124 cm³/mol. The molecule has 5 atom stereocenters. The van der Waals surface area contributed by atoms with Crippen molar-refractivity contribution in [2.75, 3.05) is 6.61 Å². The number of aliphatic hydroxyl groups excluding tert-OH is 3. The largest absolute Gasteiger partial charge is 0.508 e. The number of aliphatic hydroxyl groups is 3. The number of carbonyl (C=O) groups excluding carboxylic acids is 2. The van der Waals surface area contributed by atoms with Crippen LogP contribution >= 0.6 is 0 Å².